The molecule has 0 saturated heterocycles. The minimum absolute atomic E-state index is 0. The van der Waals surface area contributed by atoms with E-state index in [1.165, 1.54) is 6.20 Å². The summed E-state index contributed by atoms with van der Waals surface area (Å²) in [4.78, 5) is 18.5. The van der Waals surface area contributed by atoms with E-state index in [1.807, 2.05) is 32.3 Å². The van der Waals surface area contributed by atoms with Gasteiger partial charge < -0.3 is 15.5 Å². The van der Waals surface area contributed by atoms with Crippen molar-refractivity contribution >= 4 is 41.3 Å². The number of carbonyl (C=O) groups excluding carboxylic acids is 1. The van der Waals surface area contributed by atoms with Gasteiger partial charge in [0.25, 0.3) is 5.91 Å². The highest BCUT2D eigenvalue weighted by molar-refractivity contribution is 6.33. The minimum atomic E-state index is -0.200. The number of anilines is 2. The third kappa shape index (κ3) is 6.00. The highest BCUT2D eigenvalue weighted by Gasteiger charge is 2.12. The normalized spacial score (nSPS) is 10.2. The predicted molar refractivity (Wildman–Crippen MR) is 103 cm³/mol. The Labute approximate surface area is 153 Å². The van der Waals surface area contributed by atoms with Gasteiger partial charge in [0.05, 0.1) is 16.3 Å². The fourth-order valence-corrected chi connectivity index (χ4v) is 2.29. The standard InChI is InChI=1S/C17H21ClN4O.ClH/c1-22(2)11-5-9-20-15-7-4-3-6-13(15)17(23)21-16-8-10-19-12-14(16)18;/h3-4,6-8,10,12,20H,5,9,11H2,1-2H3,(H,19,21,23);1H. The van der Waals surface area contributed by atoms with Gasteiger partial charge in [-0.2, -0.15) is 0 Å². The van der Waals surface area contributed by atoms with Crippen LogP contribution in [-0.4, -0.2) is 43.0 Å². The molecule has 0 aliphatic rings. The van der Waals surface area contributed by atoms with Crippen LogP contribution in [0, 0.1) is 0 Å². The molecular weight excluding hydrogens is 347 g/mol. The molecule has 0 fully saturated rings. The molecule has 0 atom stereocenters. The van der Waals surface area contributed by atoms with Crippen molar-refractivity contribution in [2.75, 3.05) is 37.8 Å². The lowest BCUT2D eigenvalue weighted by Crippen LogP contribution is -2.18. The highest BCUT2D eigenvalue weighted by atomic mass is 35.5. The van der Waals surface area contributed by atoms with Crippen LogP contribution in [0.1, 0.15) is 16.8 Å². The van der Waals surface area contributed by atoms with Gasteiger partial charge >= 0.3 is 0 Å². The van der Waals surface area contributed by atoms with E-state index < -0.39 is 0 Å². The average Bonchev–Trinajstić information content (AvgIpc) is 2.54. The van der Waals surface area contributed by atoms with Crippen molar-refractivity contribution in [1.29, 1.82) is 0 Å². The maximum Gasteiger partial charge on any atom is 0.257 e. The van der Waals surface area contributed by atoms with Gasteiger partial charge in [-0.15, -0.1) is 12.4 Å². The second-order valence-corrected chi connectivity index (χ2v) is 5.85. The van der Waals surface area contributed by atoms with Crippen LogP contribution in [0.25, 0.3) is 0 Å². The summed E-state index contributed by atoms with van der Waals surface area (Å²) in [6.07, 6.45) is 4.09. The first-order valence-electron chi connectivity index (χ1n) is 7.46. The zero-order chi connectivity index (χ0) is 16.7. The quantitative estimate of drug-likeness (QED) is 0.730. The van der Waals surface area contributed by atoms with Gasteiger partial charge in [0.15, 0.2) is 0 Å². The van der Waals surface area contributed by atoms with E-state index in [4.69, 9.17) is 11.6 Å². The number of para-hydroxylation sites is 1. The molecule has 2 aromatic rings. The lowest BCUT2D eigenvalue weighted by Gasteiger charge is -2.14. The fourth-order valence-electron chi connectivity index (χ4n) is 2.12. The number of rotatable bonds is 7. The third-order valence-electron chi connectivity index (χ3n) is 3.29. The first kappa shape index (κ1) is 20.2. The van der Waals surface area contributed by atoms with Crippen LogP contribution in [0.15, 0.2) is 42.7 Å². The van der Waals surface area contributed by atoms with Crippen LogP contribution in [0.5, 0.6) is 0 Å². The first-order chi connectivity index (χ1) is 11.1. The lowest BCUT2D eigenvalue weighted by atomic mass is 10.1. The van der Waals surface area contributed by atoms with Crippen molar-refractivity contribution < 1.29 is 4.79 Å². The number of benzene rings is 1. The van der Waals surface area contributed by atoms with Gasteiger partial charge in [-0.3, -0.25) is 9.78 Å². The smallest absolute Gasteiger partial charge is 0.257 e. The van der Waals surface area contributed by atoms with E-state index in [0.29, 0.717) is 16.3 Å². The van der Waals surface area contributed by atoms with E-state index in [2.05, 4.69) is 20.5 Å². The number of hydrogen-bond acceptors (Lipinski definition) is 4. The zero-order valence-electron chi connectivity index (χ0n) is 13.8. The Hall–Kier alpha value is -1.82. The van der Waals surface area contributed by atoms with E-state index >= 15 is 0 Å². The zero-order valence-corrected chi connectivity index (χ0v) is 15.3. The number of amides is 1. The van der Waals surface area contributed by atoms with Crippen molar-refractivity contribution in [3.8, 4) is 0 Å². The largest absolute Gasteiger partial charge is 0.384 e. The molecular formula is C17H22Cl2N4O. The molecule has 0 aliphatic heterocycles. The van der Waals surface area contributed by atoms with Crippen LogP contribution >= 0.6 is 24.0 Å². The summed E-state index contributed by atoms with van der Waals surface area (Å²) in [5.74, 6) is -0.200. The summed E-state index contributed by atoms with van der Waals surface area (Å²) in [6, 6.07) is 9.11. The number of aromatic nitrogens is 1. The summed E-state index contributed by atoms with van der Waals surface area (Å²) < 4.78 is 0. The Bertz CT molecular complexity index is 665. The molecule has 2 N–H and O–H groups in total. The number of halogens is 2. The molecule has 5 nitrogen and oxygen atoms in total. The fraction of sp³-hybridized carbons (Fsp3) is 0.294. The molecule has 0 saturated carbocycles. The van der Waals surface area contributed by atoms with E-state index in [-0.39, 0.29) is 18.3 Å². The molecule has 1 amide bonds. The highest BCUT2D eigenvalue weighted by Crippen LogP contribution is 2.22. The molecule has 1 aromatic carbocycles. The van der Waals surface area contributed by atoms with Crippen molar-refractivity contribution in [2.24, 2.45) is 0 Å². The van der Waals surface area contributed by atoms with Crippen LogP contribution in [0.3, 0.4) is 0 Å². The Balaban J connectivity index is 0.00000288. The van der Waals surface area contributed by atoms with E-state index in [0.717, 1.165) is 25.2 Å². The van der Waals surface area contributed by atoms with Crippen molar-refractivity contribution in [3.05, 3.63) is 53.3 Å². The van der Waals surface area contributed by atoms with Gasteiger partial charge in [-0.25, -0.2) is 0 Å². The lowest BCUT2D eigenvalue weighted by molar-refractivity contribution is 0.102. The maximum absolute atomic E-state index is 12.5. The summed E-state index contributed by atoms with van der Waals surface area (Å²) in [6.45, 7) is 1.80. The number of carbonyl (C=O) groups is 1. The molecule has 1 aromatic heterocycles. The van der Waals surface area contributed by atoms with Gasteiger partial charge in [0.2, 0.25) is 0 Å². The Kier molecular flexibility index (Phi) is 8.54. The Morgan fingerprint density at radius 2 is 1.96 bits per heavy atom. The van der Waals surface area contributed by atoms with Crippen molar-refractivity contribution in [3.63, 3.8) is 0 Å². The van der Waals surface area contributed by atoms with Gasteiger partial charge in [-0.05, 0) is 45.3 Å². The van der Waals surface area contributed by atoms with Crippen LogP contribution < -0.4 is 10.6 Å². The summed E-state index contributed by atoms with van der Waals surface area (Å²) in [5, 5.41) is 6.55. The number of nitrogens with zero attached hydrogens (tertiary/aromatic N) is 2. The van der Waals surface area contributed by atoms with E-state index in [9.17, 15) is 4.79 Å². The Morgan fingerprint density at radius 1 is 1.21 bits per heavy atom. The summed E-state index contributed by atoms with van der Waals surface area (Å²) >= 11 is 6.03. The number of nitrogens with one attached hydrogen (secondary N) is 2. The predicted octanol–water partition coefficient (Wildman–Crippen LogP) is 3.77. The molecule has 7 heteroatoms. The molecule has 0 bridgehead atoms. The third-order valence-corrected chi connectivity index (χ3v) is 3.59. The molecule has 0 aliphatic carbocycles. The second-order valence-electron chi connectivity index (χ2n) is 5.44. The van der Waals surface area contributed by atoms with E-state index in [1.54, 1.807) is 18.3 Å². The monoisotopic (exact) mass is 368 g/mol. The van der Waals surface area contributed by atoms with Gasteiger partial charge in [0, 0.05) is 24.6 Å². The van der Waals surface area contributed by atoms with Crippen molar-refractivity contribution in [2.45, 2.75) is 6.42 Å². The average molecular weight is 369 g/mol. The second kappa shape index (κ2) is 10.1. The van der Waals surface area contributed by atoms with Crippen LogP contribution in [0.2, 0.25) is 5.02 Å². The summed E-state index contributed by atoms with van der Waals surface area (Å²) in [5.41, 5.74) is 1.95. The Morgan fingerprint density at radius 3 is 2.67 bits per heavy atom. The van der Waals surface area contributed by atoms with Crippen LogP contribution in [0.4, 0.5) is 11.4 Å². The topological polar surface area (TPSA) is 57.3 Å². The molecule has 1 heterocycles. The number of pyridine rings is 1. The molecule has 130 valence electrons. The maximum atomic E-state index is 12.5. The minimum Gasteiger partial charge on any atom is -0.384 e. The molecule has 24 heavy (non-hydrogen) atoms. The molecule has 2 rings (SSSR count). The van der Waals surface area contributed by atoms with Gasteiger partial charge in [0.1, 0.15) is 0 Å². The SMILES string of the molecule is CN(C)CCCNc1ccccc1C(=O)Nc1ccncc1Cl.Cl. The molecule has 0 spiro atoms. The van der Waals surface area contributed by atoms with Crippen molar-refractivity contribution in [1.82, 2.24) is 9.88 Å². The molecule has 0 radical (unpaired) electrons. The van der Waals surface area contributed by atoms with Crippen LogP contribution in [-0.2, 0) is 0 Å². The van der Waals surface area contributed by atoms with Gasteiger partial charge in [-0.1, -0.05) is 23.7 Å². The first-order valence-corrected chi connectivity index (χ1v) is 7.84. The molecule has 0 unspecified atom stereocenters. The summed E-state index contributed by atoms with van der Waals surface area (Å²) in [7, 11) is 4.08. The number of hydrogen-bond donors (Lipinski definition) is 2.